The van der Waals surface area contributed by atoms with E-state index in [0.29, 0.717) is 44.6 Å². The molecule has 2 aromatic rings. The van der Waals surface area contributed by atoms with E-state index in [9.17, 15) is 14.7 Å². The van der Waals surface area contributed by atoms with Crippen LogP contribution in [0.5, 0.6) is 0 Å². The number of nitrogens with zero attached hydrogens (tertiary/aromatic N) is 2. The molecule has 1 atom stereocenters. The molecule has 0 aromatic heterocycles. The number of hydrogen-bond donors (Lipinski definition) is 1. The molecule has 1 unspecified atom stereocenters. The Kier molecular flexibility index (Phi) is 5.12. The molecule has 5 heteroatoms. The number of aliphatic hydroxyl groups excluding tert-OH is 1. The molecule has 0 bridgehead atoms. The van der Waals surface area contributed by atoms with Gasteiger partial charge in [0.25, 0.3) is 5.91 Å². The summed E-state index contributed by atoms with van der Waals surface area (Å²) in [5.41, 5.74) is 0.710. The summed E-state index contributed by atoms with van der Waals surface area (Å²) in [6, 6.07) is 13.7. The van der Waals surface area contributed by atoms with E-state index in [2.05, 4.69) is 0 Å². The second kappa shape index (κ2) is 7.69. The van der Waals surface area contributed by atoms with Crippen LogP contribution in [0.25, 0.3) is 10.8 Å². The lowest BCUT2D eigenvalue weighted by molar-refractivity contribution is -0.139. The molecule has 1 N–H and O–H groups in total. The quantitative estimate of drug-likeness (QED) is 0.889. The zero-order valence-electron chi connectivity index (χ0n) is 15.5. The number of piperidine rings is 2. The van der Waals surface area contributed by atoms with Crippen LogP contribution in [0.1, 0.15) is 36.0 Å². The van der Waals surface area contributed by atoms with E-state index in [0.717, 1.165) is 23.6 Å². The second-order valence-corrected chi connectivity index (χ2v) is 7.67. The summed E-state index contributed by atoms with van der Waals surface area (Å²) in [5, 5.41) is 11.7. The summed E-state index contributed by atoms with van der Waals surface area (Å²) >= 11 is 0. The maximum absolute atomic E-state index is 13.2. The molecule has 2 saturated heterocycles. The Hall–Kier alpha value is -2.40. The van der Waals surface area contributed by atoms with Gasteiger partial charge in [0.1, 0.15) is 0 Å². The van der Waals surface area contributed by atoms with Crippen LogP contribution in [0.2, 0.25) is 0 Å². The first-order chi connectivity index (χ1) is 13.1. The molecule has 142 valence electrons. The highest BCUT2D eigenvalue weighted by Gasteiger charge is 2.33. The van der Waals surface area contributed by atoms with Gasteiger partial charge in [-0.15, -0.1) is 0 Å². The third-order valence-corrected chi connectivity index (χ3v) is 5.85. The van der Waals surface area contributed by atoms with Gasteiger partial charge in [-0.3, -0.25) is 9.59 Å². The number of carbonyl (C=O) groups excluding carboxylic acids is 2. The Morgan fingerprint density at radius 2 is 1.63 bits per heavy atom. The van der Waals surface area contributed by atoms with Crippen molar-refractivity contribution in [3.63, 3.8) is 0 Å². The fraction of sp³-hybridized carbons (Fsp3) is 0.455. The number of fused-ring (bicyclic) bond motifs is 1. The molecule has 2 aliphatic heterocycles. The third kappa shape index (κ3) is 3.69. The number of hydrogen-bond acceptors (Lipinski definition) is 3. The summed E-state index contributed by atoms with van der Waals surface area (Å²) in [7, 11) is 0. The molecule has 0 aliphatic carbocycles. The van der Waals surface area contributed by atoms with E-state index in [4.69, 9.17) is 0 Å². The van der Waals surface area contributed by atoms with Crippen molar-refractivity contribution in [1.82, 2.24) is 9.80 Å². The molecule has 2 aromatic carbocycles. The highest BCUT2D eigenvalue weighted by molar-refractivity contribution is 6.07. The van der Waals surface area contributed by atoms with Gasteiger partial charge in [-0.1, -0.05) is 36.4 Å². The van der Waals surface area contributed by atoms with Gasteiger partial charge in [-0.25, -0.2) is 0 Å². The zero-order valence-corrected chi connectivity index (χ0v) is 15.5. The van der Waals surface area contributed by atoms with Gasteiger partial charge in [0, 0.05) is 31.7 Å². The molecule has 4 rings (SSSR count). The van der Waals surface area contributed by atoms with Crippen LogP contribution in [0, 0.1) is 5.92 Å². The number of carbonyl (C=O) groups is 2. The Bertz CT molecular complexity index is 837. The second-order valence-electron chi connectivity index (χ2n) is 7.67. The summed E-state index contributed by atoms with van der Waals surface area (Å²) in [4.78, 5) is 29.8. The largest absolute Gasteiger partial charge is 0.393 e. The summed E-state index contributed by atoms with van der Waals surface area (Å²) < 4.78 is 0. The SMILES string of the molecule is O=C(c1cccc2ccccc12)N1CCCC(C(=O)N2CCC(O)CC2)C1. The molecular weight excluding hydrogens is 340 g/mol. The average Bonchev–Trinajstić information content (AvgIpc) is 2.73. The first-order valence-corrected chi connectivity index (χ1v) is 9.87. The molecule has 2 fully saturated rings. The molecule has 2 heterocycles. The van der Waals surface area contributed by atoms with Crippen LogP contribution in [-0.2, 0) is 4.79 Å². The molecule has 0 spiro atoms. The highest BCUT2D eigenvalue weighted by atomic mass is 16.3. The maximum atomic E-state index is 13.2. The van der Waals surface area contributed by atoms with E-state index >= 15 is 0 Å². The maximum Gasteiger partial charge on any atom is 0.254 e. The van der Waals surface area contributed by atoms with Gasteiger partial charge in [0.05, 0.1) is 12.0 Å². The molecule has 2 aliphatic rings. The number of benzene rings is 2. The topological polar surface area (TPSA) is 60.9 Å². The number of likely N-dealkylation sites (tertiary alicyclic amines) is 2. The standard InChI is InChI=1S/C22H26N2O3/c25-18-10-13-23(14-11-18)21(26)17-7-4-12-24(15-17)22(27)20-9-3-6-16-5-1-2-8-19(16)20/h1-3,5-6,8-9,17-18,25H,4,7,10-15H2. The fourth-order valence-electron chi connectivity index (χ4n) is 4.29. The minimum absolute atomic E-state index is 0.0124. The highest BCUT2D eigenvalue weighted by Crippen LogP contribution is 2.25. The van der Waals surface area contributed by atoms with Crippen LogP contribution in [0.3, 0.4) is 0 Å². The van der Waals surface area contributed by atoms with Gasteiger partial charge in [-0.05, 0) is 42.5 Å². The van der Waals surface area contributed by atoms with Crippen molar-refractivity contribution in [1.29, 1.82) is 0 Å². The van der Waals surface area contributed by atoms with E-state index in [-0.39, 0.29) is 23.8 Å². The van der Waals surface area contributed by atoms with Crippen molar-refractivity contribution in [2.24, 2.45) is 5.92 Å². The predicted molar refractivity (Wildman–Crippen MR) is 104 cm³/mol. The summed E-state index contributed by atoms with van der Waals surface area (Å²) in [6.45, 7) is 2.42. The lowest BCUT2D eigenvalue weighted by Crippen LogP contribution is -2.49. The van der Waals surface area contributed by atoms with E-state index in [1.807, 2.05) is 52.3 Å². The Labute approximate surface area is 159 Å². The molecular formula is C22H26N2O3. The molecule has 2 amide bonds. The van der Waals surface area contributed by atoms with Crippen molar-refractivity contribution in [2.75, 3.05) is 26.2 Å². The lowest BCUT2D eigenvalue weighted by Gasteiger charge is -2.37. The molecule has 0 saturated carbocycles. The molecule has 27 heavy (non-hydrogen) atoms. The predicted octanol–water partition coefficient (Wildman–Crippen LogP) is 2.68. The van der Waals surface area contributed by atoms with Crippen molar-refractivity contribution >= 4 is 22.6 Å². The van der Waals surface area contributed by atoms with Gasteiger partial charge in [0.15, 0.2) is 0 Å². The van der Waals surface area contributed by atoms with Gasteiger partial charge in [0.2, 0.25) is 5.91 Å². The van der Waals surface area contributed by atoms with E-state index in [1.165, 1.54) is 0 Å². The van der Waals surface area contributed by atoms with Crippen molar-refractivity contribution in [2.45, 2.75) is 31.8 Å². The normalized spacial score (nSPS) is 21.4. The zero-order chi connectivity index (χ0) is 18.8. The monoisotopic (exact) mass is 366 g/mol. The Morgan fingerprint density at radius 3 is 2.44 bits per heavy atom. The smallest absolute Gasteiger partial charge is 0.254 e. The summed E-state index contributed by atoms with van der Waals surface area (Å²) in [6.07, 6.45) is 2.69. The Balaban J connectivity index is 1.49. The van der Waals surface area contributed by atoms with Gasteiger partial charge < -0.3 is 14.9 Å². The van der Waals surface area contributed by atoms with Crippen LogP contribution in [0.15, 0.2) is 42.5 Å². The average molecular weight is 366 g/mol. The minimum Gasteiger partial charge on any atom is -0.393 e. The molecule has 0 radical (unpaired) electrons. The Morgan fingerprint density at radius 1 is 0.889 bits per heavy atom. The van der Waals surface area contributed by atoms with Crippen LogP contribution in [-0.4, -0.2) is 59.0 Å². The summed E-state index contributed by atoms with van der Waals surface area (Å²) in [5.74, 6) is 0.0172. The van der Waals surface area contributed by atoms with Crippen LogP contribution >= 0.6 is 0 Å². The lowest BCUT2D eigenvalue weighted by atomic mass is 9.94. The van der Waals surface area contributed by atoms with E-state index < -0.39 is 0 Å². The van der Waals surface area contributed by atoms with E-state index in [1.54, 1.807) is 0 Å². The van der Waals surface area contributed by atoms with Crippen LogP contribution in [0.4, 0.5) is 0 Å². The number of amides is 2. The number of aliphatic hydroxyl groups is 1. The third-order valence-electron chi connectivity index (χ3n) is 5.85. The first kappa shape index (κ1) is 18.0. The van der Waals surface area contributed by atoms with Crippen molar-refractivity contribution in [3.05, 3.63) is 48.0 Å². The number of rotatable bonds is 2. The first-order valence-electron chi connectivity index (χ1n) is 9.87. The fourth-order valence-corrected chi connectivity index (χ4v) is 4.29. The van der Waals surface area contributed by atoms with Gasteiger partial charge in [-0.2, -0.15) is 0 Å². The minimum atomic E-state index is -0.287. The van der Waals surface area contributed by atoms with Crippen molar-refractivity contribution in [3.8, 4) is 0 Å². The molecule has 5 nitrogen and oxygen atoms in total. The van der Waals surface area contributed by atoms with Crippen molar-refractivity contribution < 1.29 is 14.7 Å². The van der Waals surface area contributed by atoms with Gasteiger partial charge >= 0.3 is 0 Å². The van der Waals surface area contributed by atoms with Crippen LogP contribution < -0.4 is 0 Å².